The molecule has 118 valence electrons. The molecule has 0 saturated heterocycles. The highest BCUT2D eigenvalue weighted by atomic mass is 127. The van der Waals surface area contributed by atoms with Crippen molar-refractivity contribution in [2.24, 2.45) is 4.99 Å². The quantitative estimate of drug-likeness (QED) is 0.444. The third-order valence-corrected chi connectivity index (χ3v) is 3.89. The van der Waals surface area contributed by atoms with Gasteiger partial charge in [0.05, 0.1) is 0 Å². The van der Waals surface area contributed by atoms with Crippen LogP contribution in [0.4, 0.5) is 0 Å². The Kier molecular flexibility index (Phi) is 6.32. The van der Waals surface area contributed by atoms with Crippen molar-refractivity contribution < 1.29 is 9.47 Å². The van der Waals surface area contributed by atoms with Crippen LogP contribution in [0.5, 0.6) is 11.5 Å². The highest BCUT2D eigenvalue weighted by Crippen LogP contribution is 2.32. The van der Waals surface area contributed by atoms with Gasteiger partial charge in [-0.15, -0.1) is 24.0 Å². The number of nitrogens with one attached hydrogen (secondary N) is 2. The number of aliphatic imine (C=N–C) groups is 1. The Hall–Kier alpha value is -1.48. The minimum atomic E-state index is 0. The molecular formula is C15H18IN3O2S. The number of ether oxygens (including phenoxy) is 2. The van der Waals surface area contributed by atoms with Crippen LogP contribution >= 0.6 is 35.3 Å². The van der Waals surface area contributed by atoms with Crippen LogP contribution in [0.2, 0.25) is 0 Å². The lowest BCUT2D eigenvalue weighted by Gasteiger charge is -2.11. The van der Waals surface area contributed by atoms with Gasteiger partial charge in [0.15, 0.2) is 17.5 Å². The lowest BCUT2D eigenvalue weighted by Crippen LogP contribution is -2.36. The van der Waals surface area contributed by atoms with Crippen molar-refractivity contribution in [3.63, 3.8) is 0 Å². The summed E-state index contributed by atoms with van der Waals surface area (Å²) in [5, 5.41) is 10.8. The Morgan fingerprint density at radius 3 is 2.64 bits per heavy atom. The fraction of sp³-hybridized carbons (Fsp3) is 0.267. The van der Waals surface area contributed by atoms with Crippen molar-refractivity contribution in [2.45, 2.75) is 13.1 Å². The second kappa shape index (κ2) is 8.23. The smallest absolute Gasteiger partial charge is 0.231 e. The van der Waals surface area contributed by atoms with Crippen LogP contribution in [0.15, 0.2) is 40.0 Å². The van der Waals surface area contributed by atoms with Gasteiger partial charge in [0.25, 0.3) is 0 Å². The molecule has 0 saturated carbocycles. The van der Waals surface area contributed by atoms with E-state index in [1.807, 2.05) is 18.2 Å². The Labute approximate surface area is 150 Å². The van der Waals surface area contributed by atoms with Crippen molar-refractivity contribution in [3.05, 3.63) is 46.2 Å². The standard InChI is InChI=1S/C15H17N3O2S.HI/c1-16-15(18-8-12-4-5-21-9-12)17-7-11-2-3-13-14(6-11)20-10-19-13;/h2-6,9H,7-8,10H2,1H3,(H2,16,17,18);1H. The molecule has 0 atom stereocenters. The van der Waals surface area contributed by atoms with E-state index in [4.69, 9.17) is 9.47 Å². The maximum atomic E-state index is 5.37. The summed E-state index contributed by atoms with van der Waals surface area (Å²) in [7, 11) is 1.77. The highest BCUT2D eigenvalue weighted by Gasteiger charge is 2.13. The SMILES string of the molecule is CN=C(NCc1ccsc1)NCc1ccc2c(c1)OCO2.I. The van der Waals surface area contributed by atoms with Gasteiger partial charge in [0.2, 0.25) is 6.79 Å². The first-order chi connectivity index (χ1) is 10.3. The van der Waals surface area contributed by atoms with Crippen molar-refractivity contribution in [1.82, 2.24) is 10.6 Å². The molecule has 22 heavy (non-hydrogen) atoms. The minimum Gasteiger partial charge on any atom is -0.454 e. The summed E-state index contributed by atoms with van der Waals surface area (Å²) in [5.41, 5.74) is 2.38. The molecule has 2 N–H and O–H groups in total. The van der Waals surface area contributed by atoms with Gasteiger partial charge >= 0.3 is 0 Å². The molecule has 2 aromatic rings. The second-order valence-corrected chi connectivity index (χ2v) is 5.38. The Balaban J connectivity index is 0.00000176. The molecule has 5 nitrogen and oxygen atoms in total. The maximum Gasteiger partial charge on any atom is 0.231 e. The molecule has 0 aliphatic carbocycles. The molecular weight excluding hydrogens is 413 g/mol. The maximum absolute atomic E-state index is 5.37. The number of thiophene rings is 1. The van der Waals surface area contributed by atoms with E-state index < -0.39 is 0 Å². The van der Waals surface area contributed by atoms with E-state index in [2.05, 4.69) is 32.5 Å². The van der Waals surface area contributed by atoms with Gasteiger partial charge < -0.3 is 20.1 Å². The highest BCUT2D eigenvalue weighted by molar-refractivity contribution is 14.0. The van der Waals surface area contributed by atoms with Crippen LogP contribution in [0.3, 0.4) is 0 Å². The van der Waals surface area contributed by atoms with Crippen molar-refractivity contribution in [2.75, 3.05) is 13.8 Å². The molecule has 7 heteroatoms. The zero-order valence-electron chi connectivity index (χ0n) is 12.2. The van der Waals surface area contributed by atoms with E-state index in [-0.39, 0.29) is 24.0 Å². The average Bonchev–Trinajstić information content (AvgIpc) is 3.18. The summed E-state index contributed by atoms with van der Waals surface area (Å²) in [6, 6.07) is 8.04. The molecule has 1 aliphatic heterocycles. The molecule has 0 fully saturated rings. The Bertz CT molecular complexity index is 632. The number of halogens is 1. The van der Waals surface area contributed by atoms with Crippen molar-refractivity contribution >= 4 is 41.3 Å². The molecule has 3 rings (SSSR count). The van der Waals surface area contributed by atoms with Crippen molar-refractivity contribution in [1.29, 1.82) is 0 Å². The largest absolute Gasteiger partial charge is 0.454 e. The van der Waals surface area contributed by atoms with E-state index in [9.17, 15) is 0 Å². The third-order valence-electron chi connectivity index (χ3n) is 3.16. The third kappa shape index (κ3) is 4.26. The fourth-order valence-electron chi connectivity index (χ4n) is 2.04. The van der Waals surface area contributed by atoms with Crippen LogP contribution in [0.1, 0.15) is 11.1 Å². The lowest BCUT2D eigenvalue weighted by atomic mass is 10.2. The van der Waals surface area contributed by atoms with Gasteiger partial charge in [-0.25, -0.2) is 0 Å². The summed E-state index contributed by atoms with van der Waals surface area (Å²) in [6.45, 7) is 1.75. The summed E-state index contributed by atoms with van der Waals surface area (Å²) in [5.74, 6) is 2.38. The number of hydrogen-bond donors (Lipinski definition) is 2. The van der Waals surface area contributed by atoms with Crippen LogP contribution in [0.25, 0.3) is 0 Å². The van der Waals surface area contributed by atoms with Crippen LogP contribution < -0.4 is 20.1 Å². The number of guanidine groups is 1. The molecule has 0 radical (unpaired) electrons. The molecule has 1 aromatic heterocycles. The Morgan fingerprint density at radius 1 is 1.14 bits per heavy atom. The predicted octanol–water partition coefficient (Wildman–Crippen LogP) is 2.96. The first-order valence-electron chi connectivity index (χ1n) is 6.69. The minimum absolute atomic E-state index is 0. The first kappa shape index (κ1) is 16.9. The second-order valence-electron chi connectivity index (χ2n) is 4.60. The van der Waals surface area contributed by atoms with Gasteiger partial charge in [-0.2, -0.15) is 11.3 Å². The number of fused-ring (bicyclic) bond motifs is 1. The fourth-order valence-corrected chi connectivity index (χ4v) is 2.70. The summed E-state index contributed by atoms with van der Waals surface area (Å²) in [4.78, 5) is 4.22. The monoisotopic (exact) mass is 431 g/mol. The Morgan fingerprint density at radius 2 is 1.91 bits per heavy atom. The normalized spacial score (nSPS) is 12.7. The van der Waals surface area contributed by atoms with E-state index in [1.165, 1.54) is 5.56 Å². The zero-order chi connectivity index (χ0) is 14.5. The molecule has 2 heterocycles. The molecule has 1 aliphatic rings. The molecule has 1 aromatic carbocycles. The first-order valence-corrected chi connectivity index (χ1v) is 7.63. The van der Waals surface area contributed by atoms with Gasteiger partial charge in [0.1, 0.15) is 0 Å². The van der Waals surface area contributed by atoms with Gasteiger partial charge in [-0.05, 0) is 40.1 Å². The van der Waals surface area contributed by atoms with E-state index in [1.54, 1.807) is 18.4 Å². The lowest BCUT2D eigenvalue weighted by molar-refractivity contribution is 0.174. The van der Waals surface area contributed by atoms with Crippen molar-refractivity contribution in [3.8, 4) is 11.5 Å². The number of hydrogen-bond acceptors (Lipinski definition) is 4. The van der Waals surface area contributed by atoms with Gasteiger partial charge in [-0.1, -0.05) is 6.07 Å². The number of benzene rings is 1. The summed E-state index contributed by atoms with van der Waals surface area (Å²) in [6.07, 6.45) is 0. The summed E-state index contributed by atoms with van der Waals surface area (Å²) < 4.78 is 10.7. The number of nitrogens with zero attached hydrogens (tertiary/aromatic N) is 1. The van der Waals surface area contributed by atoms with Gasteiger partial charge in [-0.3, -0.25) is 4.99 Å². The molecule has 0 amide bonds. The van der Waals surface area contributed by atoms with Crippen LogP contribution in [-0.2, 0) is 13.1 Å². The van der Waals surface area contributed by atoms with Crippen LogP contribution in [0, 0.1) is 0 Å². The predicted molar refractivity (Wildman–Crippen MR) is 99.3 cm³/mol. The molecule has 0 spiro atoms. The average molecular weight is 431 g/mol. The zero-order valence-corrected chi connectivity index (χ0v) is 15.3. The molecule has 0 unspecified atom stereocenters. The topological polar surface area (TPSA) is 54.9 Å². The van der Waals surface area contributed by atoms with E-state index >= 15 is 0 Å². The number of rotatable bonds is 4. The van der Waals surface area contributed by atoms with Gasteiger partial charge in [0, 0.05) is 20.1 Å². The molecule has 0 bridgehead atoms. The van der Waals surface area contributed by atoms with E-state index in [0.717, 1.165) is 29.6 Å². The summed E-state index contributed by atoms with van der Waals surface area (Å²) >= 11 is 1.69. The van der Waals surface area contributed by atoms with E-state index in [0.29, 0.717) is 13.3 Å². The van der Waals surface area contributed by atoms with Crippen LogP contribution in [-0.4, -0.2) is 19.8 Å².